The first-order valence-electron chi connectivity index (χ1n) is 24.6. The quantitative estimate of drug-likeness (QED) is 0.0348. The lowest BCUT2D eigenvalue weighted by atomic mass is 9.99. The van der Waals surface area contributed by atoms with Crippen LogP contribution in [0.3, 0.4) is 0 Å². The van der Waals surface area contributed by atoms with E-state index in [9.17, 15) is 14.4 Å². The molecule has 0 rings (SSSR count). The SMILES string of the molecule is CCC(C)CCCCCCCCCCC(=O)OC[C@H](COC(=O)CCCCCCCCCCC(C)C)OC(=O)CCCCCCCCCCCCCCC(C)C. The first kappa shape index (κ1) is 54.4. The summed E-state index contributed by atoms with van der Waals surface area (Å²) < 4.78 is 16.8. The second-order valence-corrected chi connectivity index (χ2v) is 18.3. The molecule has 0 aromatic carbocycles. The monoisotopic (exact) mass is 793 g/mol. The van der Waals surface area contributed by atoms with Gasteiger partial charge in [-0.05, 0) is 37.0 Å². The number of carbonyl (C=O) groups is 3. The summed E-state index contributed by atoms with van der Waals surface area (Å²) in [5.41, 5.74) is 0. The Morgan fingerprint density at radius 1 is 0.357 bits per heavy atom. The van der Waals surface area contributed by atoms with Crippen molar-refractivity contribution in [1.29, 1.82) is 0 Å². The summed E-state index contributed by atoms with van der Waals surface area (Å²) in [6.07, 6.45) is 39.4. The van der Waals surface area contributed by atoms with Crippen molar-refractivity contribution in [1.82, 2.24) is 0 Å². The third kappa shape index (κ3) is 42.0. The molecule has 0 spiro atoms. The molecule has 0 aliphatic rings. The largest absolute Gasteiger partial charge is 0.462 e. The van der Waals surface area contributed by atoms with Crippen molar-refractivity contribution < 1.29 is 28.6 Å². The molecule has 0 N–H and O–H groups in total. The van der Waals surface area contributed by atoms with E-state index in [2.05, 4.69) is 41.5 Å². The van der Waals surface area contributed by atoms with Gasteiger partial charge in [-0.25, -0.2) is 0 Å². The fourth-order valence-electron chi connectivity index (χ4n) is 7.38. The minimum Gasteiger partial charge on any atom is -0.462 e. The van der Waals surface area contributed by atoms with Gasteiger partial charge in [0.15, 0.2) is 6.10 Å². The van der Waals surface area contributed by atoms with Gasteiger partial charge in [0, 0.05) is 19.3 Å². The molecular formula is C50H96O6. The Morgan fingerprint density at radius 3 is 0.929 bits per heavy atom. The smallest absolute Gasteiger partial charge is 0.306 e. The van der Waals surface area contributed by atoms with E-state index in [1.54, 1.807) is 0 Å². The zero-order valence-electron chi connectivity index (χ0n) is 38.4. The summed E-state index contributed by atoms with van der Waals surface area (Å²) in [6.45, 7) is 13.7. The van der Waals surface area contributed by atoms with Crippen molar-refractivity contribution in [2.24, 2.45) is 17.8 Å². The summed E-state index contributed by atoms with van der Waals surface area (Å²) in [4.78, 5) is 37.8. The highest BCUT2D eigenvalue weighted by atomic mass is 16.6. The van der Waals surface area contributed by atoms with Gasteiger partial charge >= 0.3 is 17.9 Å². The molecule has 6 nitrogen and oxygen atoms in total. The highest BCUT2D eigenvalue weighted by molar-refractivity contribution is 5.71. The third-order valence-corrected chi connectivity index (χ3v) is 11.5. The first-order valence-corrected chi connectivity index (χ1v) is 24.6. The van der Waals surface area contributed by atoms with E-state index >= 15 is 0 Å². The zero-order chi connectivity index (χ0) is 41.3. The zero-order valence-corrected chi connectivity index (χ0v) is 38.4. The van der Waals surface area contributed by atoms with Crippen LogP contribution in [0.2, 0.25) is 0 Å². The Hall–Kier alpha value is -1.59. The van der Waals surface area contributed by atoms with Gasteiger partial charge in [0.2, 0.25) is 0 Å². The molecule has 0 fully saturated rings. The van der Waals surface area contributed by atoms with Gasteiger partial charge in [-0.1, -0.05) is 228 Å². The summed E-state index contributed by atoms with van der Waals surface area (Å²) in [5.74, 6) is 1.62. The van der Waals surface area contributed by atoms with E-state index in [4.69, 9.17) is 14.2 Å². The third-order valence-electron chi connectivity index (χ3n) is 11.5. The lowest BCUT2D eigenvalue weighted by Gasteiger charge is -2.18. The minimum absolute atomic E-state index is 0.0659. The maximum Gasteiger partial charge on any atom is 0.306 e. The normalized spacial score (nSPS) is 12.6. The summed E-state index contributed by atoms with van der Waals surface area (Å²) in [7, 11) is 0. The molecule has 2 atom stereocenters. The topological polar surface area (TPSA) is 78.9 Å². The van der Waals surface area contributed by atoms with Gasteiger partial charge in [-0.3, -0.25) is 14.4 Å². The van der Waals surface area contributed by atoms with Gasteiger partial charge in [-0.15, -0.1) is 0 Å². The van der Waals surface area contributed by atoms with Gasteiger partial charge < -0.3 is 14.2 Å². The Bertz CT molecular complexity index is 870. The lowest BCUT2D eigenvalue weighted by Crippen LogP contribution is -2.30. The van der Waals surface area contributed by atoms with Gasteiger partial charge in [0.25, 0.3) is 0 Å². The first-order chi connectivity index (χ1) is 27.1. The van der Waals surface area contributed by atoms with Crippen LogP contribution in [0.5, 0.6) is 0 Å². The van der Waals surface area contributed by atoms with E-state index in [0.717, 1.165) is 75.5 Å². The highest BCUT2D eigenvalue weighted by Crippen LogP contribution is 2.18. The Kier molecular flexibility index (Phi) is 40.4. The van der Waals surface area contributed by atoms with Crippen LogP contribution in [0, 0.1) is 17.8 Å². The van der Waals surface area contributed by atoms with Crippen LogP contribution in [-0.4, -0.2) is 37.2 Å². The van der Waals surface area contributed by atoms with E-state index in [1.807, 2.05) is 0 Å². The predicted octanol–water partition coefficient (Wildman–Crippen LogP) is 15.6. The van der Waals surface area contributed by atoms with Crippen LogP contribution in [0.25, 0.3) is 0 Å². The maximum atomic E-state index is 12.8. The second-order valence-electron chi connectivity index (χ2n) is 18.3. The molecule has 0 bridgehead atoms. The molecule has 0 saturated heterocycles. The van der Waals surface area contributed by atoms with E-state index in [0.29, 0.717) is 19.3 Å². The molecule has 0 aromatic heterocycles. The van der Waals surface area contributed by atoms with Crippen LogP contribution in [-0.2, 0) is 28.6 Å². The molecule has 0 saturated carbocycles. The number of ether oxygens (including phenoxy) is 3. The average Bonchev–Trinajstić information content (AvgIpc) is 3.16. The van der Waals surface area contributed by atoms with Crippen LogP contribution in [0.1, 0.15) is 266 Å². The number of rotatable bonds is 43. The summed E-state index contributed by atoms with van der Waals surface area (Å²) in [6, 6.07) is 0. The molecule has 332 valence electrons. The molecule has 0 aliphatic carbocycles. The molecule has 0 radical (unpaired) electrons. The van der Waals surface area contributed by atoms with E-state index < -0.39 is 6.10 Å². The van der Waals surface area contributed by atoms with Crippen molar-refractivity contribution in [2.45, 2.75) is 272 Å². The predicted molar refractivity (Wildman–Crippen MR) is 238 cm³/mol. The van der Waals surface area contributed by atoms with Gasteiger partial charge in [-0.2, -0.15) is 0 Å². The summed E-state index contributed by atoms with van der Waals surface area (Å²) in [5, 5.41) is 0. The molecule has 0 heterocycles. The Morgan fingerprint density at radius 2 is 0.625 bits per heavy atom. The fraction of sp³-hybridized carbons (Fsp3) is 0.940. The number of hydrogen-bond donors (Lipinski definition) is 0. The van der Waals surface area contributed by atoms with Crippen LogP contribution < -0.4 is 0 Å². The standard InChI is InChI=1S/C50H96O6/c1-7-46(6)38-32-26-20-15-17-22-28-34-40-49(52)55-43-47(42-54-48(51)39-33-27-21-16-14-19-25-31-37-45(4)5)56-50(53)41-35-29-23-13-11-9-8-10-12-18-24-30-36-44(2)3/h44-47H,7-43H2,1-6H3/t46?,47-/m0/s1. The molecule has 0 aliphatic heterocycles. The number of unbranched alkanes of at least 4 members (excludes halogenated alkanes) is 25. The van der Waals surface area contributed by atoms with Crippen LogP contribution in [0.4, 0.5) is 0 Å². The highest BCUT2D eigenvalue weighted by Gasteiger charge is 2.19. The van der Waals surface area contributed by atoms with Gasteiger partial charge in [0.1, 0.15) is 13.2 Å². The fourth-order valence-corrected chi connectivity index (χ4v) is 7.38. The van der Waals surface area contributed by atoms with Crippen molar-refractivity contribution in [3.05, 3.63) is 0 Å². The van der Waals surface area contributed by atoms with Crippen molar-refractivity contribution in [3.8, 4) is 0 Å². The maximum absolute atomic E-state index is 12.8. The van der Waals surface area contributed by atoms with Gasteiger partial charge in [0.05, 0.1) is 0 Å². The molecule has 6 heteroatoms. The molecule has 0 aromatic rings. The lowest BCUT2D eigenvalue weighted by molar-refractivity contribution is -0.167. The van der Waals surface area contributed by atoms with Crippen LogP contribution in [0.15, 0.2) is 0 Å². The Balaban J connectivity index is 4.34. The minimum atomic E-state index is -0.762. The second kappa shape index (κ2) is 41.6. The molecule has 1 unspecified atom stereocenters. The van der Waals surface area contributed by atoms with Crippen molar-refractivity contribution >= 4 is 17.9 Å². The van der Waals surface area contributed by atoms with E-state index in [-0.39, 0.29) is 31.1 Å². The number of esters is 3. The molecule has 0 amide bonds. The number of carbonyl (C=O) groups excluding carboxylic acids is 3. The molecular weight excluding hydrogens is 697 g/mol. The van der Waals surface area contributed by atoms with Crippen molar-refractivity contribution in [3.63, 3.8) is 0 Å². The summed E-state index contributed by atoms with van der Waals surface area (Å²) >= 11 is 0. The van der Waals surface area contributed by atoms with Crippen molar-refractivity contribution in [2.75, 3.05) is 13.2 Å². The average molecular weight is 793 g/mol. The van der Waals surface area contributed by atoms with E-state index in [1.165, 1.54) is 148 Å². The number of hydrogen-bond acceptors (Lipinski definition) is 6. The van der Waals surface area contributed by atoms with Crippen LogP contribution >= 0.6 is 0 Å². The Labute approximate surface area is 348 Å². The molecule has 56 heavy (non-hydrogen) atoms.